The molecule has 0 spiro atoms. The van der Waals surface area contributed by atoms with E-state index in [2.05, 4.69) is 5.32 Å². The second-order valence-electron chi connectivity index (χ2n) is 6.09. The number of carbonyl (C=O) groups is 2. The summed E-state index contributed by atoms with van der Waals surface area (Å²) in [6.07, 6.45) is 0.824. The SMILES string of the molecule is CC(C)(C)NC(=O)COC(=O)c1ccc(S(C)(=O)=O)c([N+](=O)[O-])c1. The summed E-state index contributed by atoms with van der Waals surface area (Å²) in [6.45, 7) is 4.69. The van der Waals surface area contributed by atoms with E-state index < -0.39 is 49.4 Å². The molecule has 0 fully saturated rings. The molecule has 24 heavy (non-hydrogen) atoms. The number of benzene rings is 1. The lowest BCUT2D eigenvalue weighted by atomic mass is 10.1. The number of carbonyl (C=O) groups excluding carboxylic acids is 2. The lowest BCUT2D eigenvalue weighted by Crippen LogP contribution is -2.42. The van der Waals surface area contributed by atoms with Crippen molar-refractivity contribution in [2.45, 2.75) is 31.2 Å². The van der Waals surface area contributed by atoms with Gasteiger partial charge in [0.25, 0.3) is 11.6 Å². The van der Waals surface area contributed by atoms with Gasteiger partial charge in [-0.15, -0.1) is 0 Å². The standard InChI is InChI=1S/C14H18N2O7S/c1-14(2,3)15-12(17)8-23-13(18)9-5-6-11(24(4,21)22)10(7-9)16(19)20/h5-7H,8H2,1-4H3,(H,15,17). The van der Waals surface area contributed by atoms with Gasteiger partial charge in [0.05, 0.1) is 10.5 Å². The molecule has 132 valence electrons. The molecule has 1 aromatic rings. The number of esters is 1. The summed E-state index contributed by atoms with van der Waals surface area (Å²) in [4.78, 5) is 33.0. The van der Waals surface area contributed by atoms with E-state index in [1.165, 1.54) is 0 Å². The Morgan fingerprint density at radius 3 is 2.33 bits per heavy atom. The first-order valence-corrected chi connectivity index (χ1v) is 8.67. The molecular formula is C14H18N2O7S. The summed E-state index contributed by atoms with van der Waals surface area (Å²) in [6, 6.07) is 2.85. The fraction of sp³-hybridized carbons (Fsp3) is 0.429. The molecule has 0 unspecified atom stereocenters. The van der Waals surface area contributed by atoms with Crippen molar-refractivity contribution in [3.05, 3.63) is 33.9 Å². The van der Waals surface area contributed by atoms with E-state index in [0.29, 0.717) is 0 Å². The van der Waals surface area contributed by atoms with E-state index in [9.17, 15) is 28.1 Å². The third-order valence-corrected chi connectivity index (χ3v) is 3.78. The van der Waals surface area contributed by atoms with Crippen LogP contribution in [-0.4, -0.2) is 43.6 Å². The molecule has 1 amide bonds. The summed E-state index contributed by atoms with van der Waals surface area (Å²) >= 11 is 0. The van der Waals surface area contributed by atoms with Gasteiger partial charge in [-0.25, -0.2) is 13.2 Å². The number of rotatable bonds is 5. The largest absolute Gasteiger partial charge is 0.452 e. The van der Waals surface area contributed by atoms with Gasteiger partial charge in [-0.2, -0.15) is 0 Å². The first-order chi connectivity index (χ1) is 10.8. The Bertz CT molecular complexity index is 779. The van der Waals surface area contributed by atoms with Crippen molar-refractivity contribution >= 4 is 27.4 Å². The summed E-state index contributed by atoms with van der Waals surface area (Å²) in [5.74, 6) is -1.50. The smallest absolute Gasteiger partial charge is 0.338 e. The van der Waals surface area contributed by atoms with Gasteiger partial charge in [0.1, 0.15) is 4.90 Å². The molecule has 0 aliphatic heterocycles. The zero-order valence-corrected chi connectivity index (χ0v) is 14.5. The topological polar surface area (TPSA) is 133 Å². The van der Waals surface area contributed by atoms with Crippen molar-refractivity contribution in [2.75, 3.05) is 12.9 Å². The molecule has 1 N–H and O–H groups in total. The monoisotopic (exact) mass is 358 g/mol. The minimum atomic E-state index is -3.82. The number of hydrogen-bond acceptors (Lipinski definition) is 7. The van der Waals surface area contributed by atoms with Crippen LogP contribution >= 0.6 is 0 Å². The predicted octanol–water partition coefficient (Wildman–Crippen LogP) is 1.07. The van der Waals surface area contributed by atoms with Crippen LogP contribution in [0.15, 0.2) is 23.1 Å². The molecule has 0 heterocycles. The lowest BCUT2D eigenvalue weighted by molar-refractivity contribution is -0.387. The normalized spacial score (nSPS) is 11.7. The number of nitro benzene ring substituents is 1. The minimum absolute atomic E-state index is 0.224. The zero-order valence-electron chi connectivity index (χ0n) is 13.7. The van der Waals surface area contributed by atoms with Gasteiger partial charge >= 0.3 is 5.97 Å². The van der Waals surface area contributed by atoms with Crippen LogP contribution < -0.4 is 5.32 Å². The van der Waals surface area contributed by atoms with Crippen LogP contribution in [0.5, 0.6) is 0 Å². The second kappa shape index (κ2) is 6.95. The van der Waals surface area contributed by atoms with Crippen LogP contribution in [0, 0.1) is 10.1 Å². The number of nitrogens with one attached hydrogen (secondary N) is 1. The number of amides is 1. The molecule has 0 saturated carbocycles. The highest BCUT2D eigenvalue weighted by molar-refractivity contribution is 7.90. The Morgan fingerprint density at radius 2 is 1.88 bits per heavy atom. The third-order valence-electron chi connectivity index (χ3n) is 2.64. The summed E-state index contributed by atoms with van der Waals surface area (Å²) < 4.78 is 27.8. The van der Waals surface area contributed by atoms with Crippen LogP contribution in [-0.2, 0) is 19.4 Å². The molecule has 0 radical (unpaired) electrons. The van der Waals surface area contributed by atoms with Crippen molar-refractivity contribution in [1.82, 2.24) is 5.32 Å². The average Bonchev–Trinajstić information content (AvgIpc) is 2.41. The Kier molecular flexibility index (Phi) is 5.67. The molecule has 0 atom stereocenters. The van der Waals surface area contributed by atoms with Gasteiger partial charge in [0.2, 0.25) is 0 Å². The molecule has 9 nitrogen and oxygen atoms in total. The maximum absolute atomic E-state index is 11.9. The van der Waals surface area contributed by atoms with Crippen molar-refractivity contribution < 1.29 is 27.7 Å². The van der Waals surface area contributed by atoms with Crippen LogP contribution in [0.2, 0.25) is 0 Å². The summed E-state index contributed by atoms with van der Waals surface area (Å²) in [5, 5.41) is 13.6. The average molecular weight is 358 g/mol. The molecule has 0 aromatic heterocycles. The highest BCUT2D eigenvalue weighted by Gasteiger charge is 2.25. The molecule has 1 aromatic carbocycles. The number of ether oxygens (including phenoxy) is 1. The van der Waals surface area contributed by atoms with Crippen molar-refractivity contribution in [3.8, 4) is 0 Å². The second-order valence-corrected chi connectivity index (χ2v) is 8.07. The molecule has 0 bridgehead atoms. The summed E-state index contributed by atoms with van der Waals surface area (Å²) in [7, 11) is -3.82. The first kappa shape index (κ1) is 19.6. The Balaban J connectivity index is 2.95. The van der Waals surface area contributed by atoms with E-state index in [-0.39, 0.29) is 5.56 Å². The predicted molar refractivity (Wildman–Crippen MR) is 84.4 cm³/mol. The number of hydrogen-bond donors (Lipinski definition) is 1. The van der Waals surface area contributed by atoms with Crippen LogP contribution in [0.25, 0.3) is 0 Å². The van der Waals surface area contributed by atoms with Gasteiger partial charge in [0.15, 0.2) is 16.4 Å². The third kappa shape index (κ3) is 5.61. The zero-order chi connectivity index (χ0) is 18.7. The maximum Gasteiger partial charge on any atom is 0.338 e. The lowest BCUT2D eigenvalue weighted by Gasteiger charge is -2.20. The number of nitrogens with zero attached hydrogens (tertiary/aromatic N) is 1. The van der Waals surface area contributed by atoms with Gasteiger partial charge in [0, 0.05) is 17.9 Å². The van der Waals surface area contributed by atoms with Gasteiger partial charge in [-0.05, 0) is 32.9 Å². The maximum atomic E-state index is 11.9. The minimum Gasteiger partial charge on any atom is -0.452 e. The van der Waals surface area contributed by atoms with Crippen molar-refractivity contribution in [1.29, 1.82) is 0 Å². The van der Waals surface area contributed by atoms with E-state index >= 15 is 0 Å². The van der Waals surface area contributed by atoms with Crippen LogP contribution in [0.4, 0.5) is 5.69 Å². The quantitative estimate of drug-likeness (QED) is 0.473. The molecule has 10 heteroatoms. The highest BCUT2D eigenvalue weighted by atomic mass is 32.2. The fourth-order valence-electron chi connectivity index (χ4n) is 1.77. The number of sulfone groups is 1. The van der Waals surface area contributed by atoms with E-state index in [1.54, 1.807) is 20.8 Å². The Hall–Kier alpha value is -2.49. The molecule has 1 rings (SSSR count). The number of nitro groups is 1. The summed E-state index contributed by atoms with van der Waals surface area (Å²) in [5.41, 5.74) is -1.46. The molecule has 0 aliphatic carbocycles. The fourth-order valence-corrected chi connectivity index (χ4v) is 2.60. The molecular weight excluding hydrogens is 340 g/mol. The Morgan fingerprint density at radius 1 is 1.29 bits per heavy atom. The van der Waals surface area contributed by atoms with E-state index in [1.807, 2.05) is 0 Å². The van der Waals surface area contributed by atoms with Crippen LogP contribution in [0.1, 0.15) is 31.1 Å². The van der Waals surface area contributed by atoms with Crippen molar-refractivity contribution in [2.24, 2.45) is 0 Å². The van der Waals surface area contributed by atoms with Gasteiger partial charge in [-0.3, -0.25) is 14.9 Å². The van der Waals surface area contributed by atoms with Crippen LogP contribution in [0.3, 0.4) is 0 Å². The van der Waals surface area contributed by atoms with Crippen molar-refractivity contribution in [3.63, 3.8) is 0 Å². The molecule has 0 aliphatic rings. The van der Waals surface area contributed by atoms with E-state index in [4.69, 9.17) is 4.74 Å². The first-order valence-electron chi connectivity index (χ1n) is 6.78. The highest BCUT2D eigenvalue weighted by Crippen LogP contribution is 2.25. The Labute approximate surface area is 139 Å². The van der Waals surface area contributed by atoms with Gasteiger partial charge in [-0.1, -0.05) is 0 Å². The van der Waals surface area contributed by atoms with E-state index in [0.717, 1.165) is 24.5 Å². The molecule has 0 saturated heterocycles. The van der Waals surface area contributed by atoms with Gasteiger partial charge < -0.3 is 10.1 Å².